The summed E-state index contributed by atoms with van der Waals surface area (Å²) in [5.74, 6) is 0.736. The summed E-state index contributed by atoms with van der Waals surface area (Å²) in [5.41, 5.74) is 3.17. The molecule has 0 bridgehead atoms. The number of nitriles is 1. The molecule has 0 aliphatic rings. The van der Waals surface area contributed by atoms with E-state index in [0.717, 1.165) is 22.6 Å². The third-order valence-corrected chi connectivity index (χ3v) is 2.99. The Morgan fingerprint density at radius 2 is 2.00 bits per heavy atom. The highest BCUT2D eigenvalue weighted by Crippen LogP contribution is 2.20. The molecule has 0 saturated carbocycles. The maximum atomic E-state index is 8.60. The summed E-state index contributed by atoms with van der Waals surface area (Å²) < 4.78 is 10.5. The van der Waals surface area contributed by atoms with Crippen LogP contribution in [0.1, 0.15) is 11.1 Å². The summed E-state index contributed by atoms with van der Waals surface area (Å²) in [6.45, 7) is 1.29. The first-order valence-corrected chi connectivity index (χ1v) is 6.73. The summed E-state index contributed by atoms with van der Waals surface area (Å²) in [6.07, 6.45) is 0. The highest BCUT2D eigenvalue weighted by molar-refractivity contribution is 5.47. The van der Waals surface area contributed by atoms with E-state index in [9.17, 15) is 0 Å². The Labute approximate surface area is 124 Å². The predicted octanol–water partition coefficient (Wildman–Crippen LogP) is 3.35. The number of hydrogen-bond acceptors (Lipinski definition) is 4. The number of ether oxygens (including phenoxy) is 2. The minimum Gasteiger partial charge on any atom is -0.478 e. The molecule has 21 heavy (non-hydrogen) atoms. The van der Waals surface area contributed by atoms with Crippen LogP contribution in [0.15, 0.2) is 48.5 Å². The van der Waals surface area contributed by atoms with Crippen molar-refractivity contribution in [3.63, 3.8) is 0 Å². The van der Waals surface area contributed by atoms with Gasteiger partial charge in [0.25, 0.3) is 0 Å². The standard InChI is InChI=1S/C17H18N2O2/c1-20-13-14-5-4-7-16(11-14)19-12-15-6-2-3-8-17(15)21-10-9-18/h2-8,11,19H,10,12-13H2,1H3. The largest absolute Gasteiger partial charge is 0.478 e. The van der Waals surface area contributed by atoms with E-state index in [4.69, 9.17) is 14.7 Å². The second kappa shape index (κ2) is 7.93. The van der Waals surface area contributed by atoms with Gasteiger partial charge in [-0.25, -0.2) is 0 Å². The van der Waals surface area contributed by atoms with Crippen molar-refractivity contribution in [2.45, 2.75) is 13.2 Å². The van der Waals surface area contributed by atoms with Crippen molar-refractivity contribution >= 4 is 5.69 Å². The number of benzene rings is 2. The van der Waals surface area contributed by atoms with Crippen molar-refractivity contribution in [3.8, 4) is 11.8 Å². The van der Waals surface area contributed by atoms with E-state index < -0.39 is 0 Å². The zero-order valence-electron chi connectivity index (χ0n) is 12.0. The quantitative estimate of drug-likeness (QED) is 0.846. The zero-order valence-corrected chi connectivity index (χ0v) is 12.0. The molecule has 0 unspecified atom stereocenters. The summed E-state index contributed by atoms with van der Waals surface area (Å²) in [7, 11) is 1.68. The van der Waals surface area contributed by atoms with Gasteiger partial charge in [0.15, 0.2) is 6.61 Å². The van der Waals surface area contributed by atoms with Crippen molar-refractivity contribution in [3.05, 3.63) is 59.7 Å². The molecular weight excluding hydrogens is 264 g/mol. The van der Waals surface area contributed by atoms with Gasteiger partial charge in [0, 0.05) is 24.9 Å². The van der Waals surface area contributed by atoms with Gasteiger partial charge in [-0.05, 0) is 23.8 Å². The third kappa shape index (κ3) is 4.51. The summed E-state index contributed by atoms with van der Waals surface area (Å²) >= 11 is 0. The molecule has 0 amide bonds. The minimum atomic E-state index is 0.0559. The number of hydrogen-bond donors (Lipinski definition) is 1. The summed E-state index contributed by atoms with van der Waals surface area (Å²) in [5, 5.41) is 12.0. The van der Waals surface area contributed by atoms with Crippen molar-refractivity contribution in [2.24, 2.45) is 0 Å². The van der Waals surface area contributed by atoms with Crippen LogP contribution in [-0.4, -0.2) is 13.7 Å². The average molecular weight is 282 g/mol. The van der Waals surface area contributed by atoms with Crippen molar-refractivity contribution < 1.29 is 9.47 Å². The van der Waals surface area contributed by atoms with Crippen LogP contribution in [0.25, 0.3) is 0 Å². The van der Waals surface area contributed by atoms with E-state index in [1.165, 1.54) is 0 Å². The Bertz CT molecular complexity index is 620. The average Bonchev–Trinajstić information content (AvgIpc) is 2.52. The maximum Gasteiger partial charge on any atom is 0.174 e. The Morgan fingerprint density at radius 1 is 1.14 bits per heavy atom. The number of methoxy groups -OCH3 is 1. The molecule has 2 aromatic rings. The van der Waals surface area contributed by atoms with E-state index in [1.807, 2.05) is 48.5 Å². The zero-order chi connectivity index (χ0) is 14.9. The lowest BCUT2D eigenvalue weighted by Gasteiger charge is -2.12. The fourth-order valence-corrected chi connectivity index (χ4v) is 2.04. The third-order valence-electron chi connectivity index (χ3n) is 2.99. The molecule has 2 aromatic carbocycles. The first-order valence-electron chi connectivity index (χ1n) is 6.73. The summed E-state index contributed by atoms with van der Waals surface area (Å²) in [6, 6.07) is 17.8. The Balaban J connectivity index is 2.02. The second-order valence-electron chi connectivity index (χ2n) is 4.54. The van der Waals surface area contributed by atoms with Crippen molar-refractivity contribution in [1.82, 2.24) is 0 Å². The Kier molecular flexibility index (Phi) is 5.62. The van der Waals surface area contributed by atoms with Crippen LogP contribution in [0, 0.1) is 11.3 Å². The van der Waals surface area contributed by atoms with Gasteiger partial charge in [-0.1, -0.05) is 30.3 Å². The first-order chi connectivity index (χ1) is 10.3. The van der Waals surface area contributed by atoms with Crippen LogP contribution < -0.4 is 10.1 Å². The number of nitrogens with zero attached hydrogens (tertiary/aromatic N) is 1. The van der Waals surface area contributed by atoms with E-state index in [1.54, 1.807) is 7.11 Å². The highest BCUT2D eigenvalue weighted by Gasteiger charge is 2.03. The minimum absolute atomic E-state index is 0.0559. The van der Waals surface area contributed by atoms with Crippen molar-refractivity contribution in [2.75, 3.05) is 19.0 Å². The SMILES string of the molecule is COCc1cccc(NCc2ccccc2OCC#N)c1. The molecule has 0 aliphatic carbocycles. The van der Waals surface area contributed by atoms with Gasteiger partial charge >= 0.3 is 0 Å². The maximum absolute atomic E-state index is 8.60. The van der Waals surface area contributed by atoms with Crippen molar-refractivity contribution in [1.29, 1.82) is 5.26 Å². The predicted molar refractivity (Wildman–Crippen MR) is 82.0 cm³/mol. The molecule has 1 N–H and O–H groups in total. The molecular formula is C17H18N2O2. The Hall–Kier alpha value is -2.51. The molecule has 4 heteroatoms. The lowest BCUT2D eigenvalue weighted by Crippen LogP contribution is -2.04. The van der Waals surface area contributed by atoms with Crippen LogP contribution in [0.5, 0.6) is 5.75 Å². The molecule has 0 spiro atoms. The molecule has 0 heterocycles. The Morgan fingerprint density at radius 3 is 2.81 bits per heavy atom. The van der Waals surface area contributed by atoms with E-state index >= 15 is 0 Å². The fourth-order valence-electron chi connectivity index (χ4n) is 2.04. The van der Waals surface area contributed by atoms with Gasteiger partial charge in [-0.15, -0.1) is 0 Å². The monoisotopic (exact) mass is 282 g/mol. The van der Waals surface area contributed by atoms with Crippen LogP contribution in [0.4, 0.5) is 5.69 Å². The lowest BCUT2D eigenvalue weighted by atomic mass is 10.1. The van der Waals surface area contributed by atoms with Gasteiger partial charge < -0.3 is 14.8 Å². The number of rotatable bonds is 7. The number of nitrogens with one attached hydrogen (secondary N) is 1. The molecule has 0 aromatic heterocycles. The van der Waals surface area contributed by atoms with E-state index in [-0.39, 0.29) is 6.61 Å². The fraction of sp³-hybridized carbons (Fsp3) is 0.235. The van der Waals surface area contributed by atoms with Gasteiger partial charge in [0.05, 0.1) is 6.61 Å². The molecule has 2 rings (SSSR count). The van der Waals surface area contributed by atoms with Crippen LogP contribution >= 0.6 is 0 Å². The molecule has 0 aliphatic heterocycles. The van der Waals surface area contributed by atoms with Gasteiger partial charge in [0.2, 0.25) is 0 Å². The van der Waals surface area contributed by atoms with Gasteiger partial charge in [-0.2, -0.15) is 5.26 Å². The van der Waals surface area contributed by atoms with Crippen LogP contribution in [0.3, 0.4) is 0 Å². The second-order valence-corrected chi connectivity index (χ2v) is 4.54. The topological polar surface area (TPSA) is 54.3 Å². The van der Waals surface area contributed by atoms with Gasteiger partial charge in [0.1, 0.15) is 11.8 Å². The van der Waals surface area contributed by atoms with E-state index in [2.05, 4.69) is 11.4 Å². The number of anilines is 1. The van der Waals surface area contributed by atoms with Gasteiger partial charge in [-0.3, -0.25) is 0 Å². The highest BCUT2D eigenvalue weighted by atomic mass is 16.5. The molecule has 0 atom stereocenters. The lowest BCUT2D eigenvalue weighted by molar-refractivity contribution is 0.185. The first kappa shape index (κ1) is 14.9. The normalized spacial score (nSPS) is 9.90. The smallest absolute Gasteiger partial charge is 0.174 e. The number of para-hydroxylation sites is 1. The molecule has 108 valence electrons. The summed E-state index contributed by atoms with van der Waals surface area (Å²) in [4.78, 5) is 0. The van der Waals surface area contributed by atoms with Crippen LogP contribution in [-0.2, 0) is 17.9 Å². The molecule has 0 saturated heterocycles. The van der Waals surface area contributed by atoms with E-state index in [0.29, 0.717) is 13.2 Å². The van der Waals surface area contributed by atoms with Crippen LogP contribution in [0.2, 0.25) is 0 Å². The molecule has 0 radical (unpaired) electrons. The molecule has 4 nitrogen and oxygen atoms in total. The molecule has 0 fully saturated rings.